The lowest BCUT2D eigenvalue weighted by Crippen LogP contribution is -2.05. The first-order valence-corrected chi connectivity index (χ1v) is 5.73. The van der Waals surface area contributed by atoms with Crippen molar-refractivity contribution < 1.29 is 4.79 Å². The van der Waals surface area contributed by atoms with Crippen molar-refractivity contribution in [2.75, 3.05) is 0 Å². The molecule has 0 spiro atoms. The van der Waals surface area contributed by atoms with Crippen molar-refractivity contribution in [1.82, 2.24) is 0 Å². The first-order chi connectivity index (χ1) is 6.66. The van der Waals surface area contributed by atoms with E-state index in [0.717, 1.165) is 16.5 Å². The van der Waals surface area contributed by atoms with Crippen LogP contribution in [-0.4, -0.2) is 5.78 Å². The molecule has 2 atom stereocenters. The Morgan fingerprint density at radius 2 is 2.29 bits per heavy atom. The molecule has 1 aliphatic rings. The molecule has 0 aliphatic heterocycles. The second-order valence-corrected chi connectivity index (χ2v) is 5.01. The Kier molecular flexibility index (Phi) is 2.73. The number of hydrogen-bond donors (Lipinski definition) is 0. The molecule has 0 amide bonds. The largest absolute Gasteiger partial charge is 0.299 e. The summed E-state index contributed by atoms with van der Waals surface area (Å²) in [4.78, 5) is 11.7. The number of rotatable bonds is 3. The van der Waals surface area contributed by atoms with Crippen LogP contribution in [0.15, 0.2) is 28.7 Å². The minimum atomic E-state index is 0.342. The van der Waals surface area contributed by atoms with E-state index < -0.39 is 0 Å². The van der Waals surface area contributed by atoms with E-state index in [-0.39, 0.29) is 0 Å². The maximum Gasteiger partial charge on any atom is 0.140 e. The number of benzene rings is 1. The fraction of sp³-hybridized carbons (Fsp3) is 0.417. The highest BCUT2D eigenvalue weighted by molar-refractivity contribution is 9.10. The Labute approximate surface area is 92.6 Å². The van der Waals surface area contributed by atoms with Crippen LogP contribution < -0.4 is 0 Å². The Bertz CT molecular complexity index is 359. The molecule has 1 nitrogen and oxygen atoms in total. The van der Waals surface area contributed by atoms with E-state index in [1.165, 1.54) is 0 Å². The van der Waals surface area contributed by atoms with Gasteiger partial charge in [-0.05, 0) is 30.0 Å². The van der Waals surface area contributed by atoms with Gasteiger partial charge in [0.1, 0.15) is 5.78 Å². The summed E-state index contributed by atoms with van der Waals surface area (Å²) in [5.74, 6) is 1.36. The summed E-state index contributed by atoms with van der Waals surface area (Å²) in [6, 6.07) is 7.98. The van der Waals surface area contributed by atoms with Crippen LogP contribution >= 0.6 is 15.9 Å². The number of carbonyl (C=O) groups is 1. The van der Waals surface area contributed by atoms with Crippen molar-refractivity contribution >= 4 is 21.7 Å². The molecule has 74 valence electrons. The van der Waals surface area contributed by atoms with Crippen LogP contribution in [0.5, 0.6) is 0 Å². The van der Waals surface area contributed by atoms with E-state index in [4.69, 9.17) is 0 Å². The molecule has 2 rings (SSSR count). The predicted octanol–water partition coefficient (Wildman–Crippen LogP) is 3.22. The van der Waals surface area contributed by atoms with Gasteiger partial charge in [0.2, 0.25) is 0 Å². The van der Waals surface area contributed by atoms with Crippen LogP contribution in [0, 0.1) is 11.8 Å². The van der Waals surface area contributed by atoms with Gasteiger partial charge >= 0.3 is 0 Å². The summed E-state index contributed by atoms with van der Waals surface area (Å²) >= 11 is 3.41. The minimum absolute atomic E-state index is 0.342. The molecule has 1 aromatic rings. The van der Waals surface area contributed by atoms with Gasteiger partial charge in [-0.2, -0.15) is 0 Å². The Morgan fingerprint density at radius 1 is 1.57 bits per heavy atom. The van der Waals surface area contributed by atoms with Gasteiger partial charge in [0.25, 0.3) is 0 Å². The normalized spacial score (nSPS) is 24.7. The van der Waals surface area contributed by atoms with E-state index in [1.54, 1.807) is 0 Å². The summed E-state index contributed by atoms with van der Waals surface area (Å²) in [6.45, 7) is 2.14. The van der Waals surface area contributed by atoms with E-state index in [9.17, 15) is 4.79 Å². The van der Waals surface area contributed by atoms with E-state index in [2.05, 4.69) is 22.9 Å². The molecule has 14 heavy (non-hydrogen) atoms. The summed E-state index contributed by atoms with van der Waals surface area (Å²) in [5.41, 5.74) is 1.11. The van der Waals surface area contributed by atoms with Crippen molar-refractivity contribution in [3.63, 3.8) is 0 Å². The molecular formula is C12H13BrO. The molecule has 0 saturated heterocycles. The van der Waals surface area contributed by atoms with E-state index in [0.29, 0.717) is 24.0 Å². The average molecular weight is 253 g/mol. The fourth-order valence-electron chi connectivity index (χ4n) is 1.75. The van der Waals surface area contributed by atoms with Gasteiger partial charge in [0.05, 0.1) is 0 Å². The maximum absolute atomic E-state index is 11.7. The fourth-order valence-corrected chi connectivity index (χ4v) is 2.20. The molecule has 2 unspecified atom stereocenters. The quantitative estimate of drug-likeness (QED) is 0.808. The zero-order chi connectivity index (χ0) is 10.1. The molecule has 1 saturated carbocycles. The molecule has 0 heterocycles. The van der Waals surface area contributed by atoms with Crippen molar-refractivity contribution in [2.24, 2.45) is 11.8 Å². The lowest BCUT2D eigenvalue weighted by atomic mass is 10.1. The maximum atomic E-state index is 11.7. The standard InChI is InChI=1S/C12H13BrO/c1-8-5-11(8)12(14)7-9-3-2-4-10(13)6-9/h2-4,6,8,11H,5,7H2,1H3. The molecule has 1 fully saturated rings. The van der Waals surface area contributed by atoms with Crippen LogP contribution in [-0.2, 0) is 11.2 Å². The lowest BCUT2D eigenvalue weighted by molar-refractivity contribution is -0.119. The first-order valence-electron chi connectivity index (χ1n) is 4.94. The van der Waals surface area contributed by atoms with Gasteiger partial charge < -0.3 is 0 Å². The van der Waals surface area contributed by atoms with Crippen LogP contribution in [0.1, 0.15) is 18.9 Å². The second kappa shape index (κ2) is 3.85. The van der Waals surface area contributed by atoms with E-state index >= 15 is 0 Å². The third-order valence-electron chi connectivity index (χ3n) is 2.79. The van der Waals surface area contributed by atoms with E-state index in [1.807, 2.05) is 24.3 Å². The monoisotopic (exact) mass is 252 g/mol. The third kappa shape index (κ3) is 2.24. The van der Waals surface area contributed by atoms with Crippen molar-refractivity contribution in [2.45, 2.75) is 19.8 Å². The second-order valence-electron chi connectivity index (χ2n) is 4.09. The molecule has 0 bridgehead atoms. The Morgan fingerprint density at radius 3 is 2.86 bits per heavy atom. The number of Topliss-reactive ketones (excluding diaryl/α,β-unsaturated/α-hetero) is 1. The van der Waals surface area contributed by atoms with Gasteiger partial charge in [-0.3, -0.25) is 4.79 Å². The number of halogens is 1. The molecule has 2 heteroatoms. The Balaban J connectivity index is 2.00. The zero-order valence-electron chi connectivity index (χ0n) is 8.16. The minimum Gasteiger partial charge on any atom is -0.299 e. The predicted molar refractivity (Wildman–Crippen MR) is 60.1 cm³/mol. The summed E-state index contributed by atoms with van der Waals surface area (Å²) < 4.78 is 1.05. The van der Waals surface area contributed by atoms with Crippen LogP contribution in [0.25, 0.3) is 0 Å². The number of ketones is 1. The zero-order valence-corrected chi connectivity index (χ0v) is 9.75. The third-order valence-corrected chi connectivity index (χ3v) is 3.28. The average Bonchev–Trinajstić information content (AvgIpc) is 2.82. The van der Waals surface area contributed by atoms with Gasteiger partial charge in [-0.15, -0.1) is 0 Å². The molecular weight excluding hydrogens is 240 g/mol. The lowest BCUT2D eigenvalue weighted by Gasteiger charge is -2.00. The summed E-state index contributed by atoms with van der Waals surface area (Å²) in [5, 5.41) is 0. The molecule has 1 aliphatic carbocycles. The van der Waals surface area contributed by atoms with Gasteiger partial charge in [-0.25, -0.2) is 0 Å². The molecule has 0 aromatic heterocycles. The number of hydrogen-bond acceptors (Lipinski definition) is 1. The highest BCUT2D eigenvalue weighted by Gasteiger charge is 2.38. The van der Waals surface area contributed by atoms with Gasteiger partial charge in [-0.1, -0.05) is 35.0 Å². The van der Waals surface area contributed by atoms with Crippen LogP contribution in [0.2, 0.25) is 0 Å². The van der Waals surface area contributed by atoms with Crippen LogP contribution in [0.3, 0.4) is 0 Å². The molecule has 1 aromatic carbocycles. The molecule has 0 radical (unpaired) electrons. The van der Waals surface area contributed by atoms with Crippen LogP contribution in [0.4, 0.5) is 0 Å². The van der Waals surface area contributed by atoms with Crippen molar-refractivity contribution in [3.05, 3.63) is 34.3 Å². The Hall–Kier alpha value is -0.630. The topological polar surface area (TPSA) is 17.1 Å². The molecule has 0 N–H and O–H groups in total. The SMILES string of the molecule is CC1CC1C(=O)Cc1cccc(Br)c1. The summed E-state index contributed by atoms with van der Waals surface area (Å²) in [6.07, 6.45) is 1.68. The van der Waals surface area contributed by atoms with Gasteiger partial charge in [0.15, 0.2) is 0 Å². The number of carbonyl (C=O) groups excluding carboxylic acids is 1. The first kappa shape index (κ1) is 9.91. The smallest absolute Gasteiger partial charge is 0.140 e. The van der Waals surface area contributed by atoms with Crippen molar-refractivity contribution in [3.8, 4) is 0 Å². The highest BCUT2D eigenvalue weighted by Crippen LogP contribution is 2.39. The van der Waals surface area contributed by atoms with Crippen molar-refractivity contribution in [1.29, 1.82) is 0 Å². The van der Waals surface area contributed by atoms with Gasteiger partial charge in [0, 0.05) is 16.8 Å². The summed E-state index contributed by atoms with van der Waals surface area (Å²) in [7, 11) is 0. The highest BCUT2D eigenvalue weighted by atomic mass is 79.9.